The normalized spacial score (nSPS) is 21.4. The van der Waals surface area contributed by atoms with Gasteiger partial charge in [0.15, 0.2) is 0 Å². The molecule has 0 saturated heterocycles. The van der Waals surface area contributed by atoms with Crippen LogP contribution < -0.4 is 5.32 Å². The lowest BCUT2D eigenvalue weighted by Gasteiger charge is -2.42. The van der Waals surface area contributed by atoms with Crippen molar-refractivity contribution >= 4 is 11.9 Å². The molecule has 0 bridgehead atoms. The molecule has 0 aliphatic heterocycles. The number of carbonyl (C=O) groups excluding carboxylic acids is 1. The maximum Gasteiger partial charge on any atom is 0.317 e. The Morgan fingerprint density at radius 3 is 2.61 bits per heavy atom. The number of hydrogen-bond acceptors (Lipinski definition) is 4. The van der Waals surface area contributed by atoms with Crippen LogP contribution in [0.4, 0.5) is 4.39 Å². The number of benzene rings is 1. The highest BCUT2D eigenvalue weighted by atomic mass is 19.1. The first kappa shape index (κ1) is 18.6. The topological polar surface area (TPSA) is 98.3 Å². The van der Waals surface area contributed by atoms with Crippen LogP contribution in [0.25, 0.3) is 11.3 Å². The number of carboxylic acid groups (broad SMARTS) is 1. The van der Waals surface area contributed by atoms with Crippen molar-refractivity contribution in [3.05, 3.63) is 41.8 Å². The summed E-state index contributed by atoms with van der Waals surface area (Å²) < 4.78 is 13.1. The zero-order chi connectivity index (χ0) is 19.7. The number of hydrogen-bond donors (Lipinski definition) is 3. The Bertz CT molecular complexity index is 857. The number of rotatable bonds is 8. The molecule has 1 heterocycles. The molecule has 0 spiro atoms. The highest BCUT2D eigenvalue weighted by Gasteiger charge is 2.38. The summed E-state index contributed by atoms with van der Waals surface area (Å²) in [5.74, 6) is -0.761. The van der Waals surface area contributed by atoms with Crippen LogP contribution in [0, 0.1) is 11.7 Å². The number of amides is 1. The molecule has 1 aromatic heterocycles. The lowest BCUT2D eigenvalue weighted by Crippen LogP contribution is -2.55. The zero-order valence-electron chi connectivity index (χ0n) is 15.4. The highest BCUT2D eigenvalue weighted by molar-refractivity contribution is 5.99. The minimum atomic E-state index is -0.810. The second-order valence-electron chi connectivity index (χ2n) is 7.73. The second kappa shape index (κ2) is 7.71. The monoisotopic (exact) mass is 386 g/mol. The quantitative estimate of drug-likeness (QED) is 0.647. The molecule has 0 radical (unpaired) electrons. The van der Waals surface area contributed by atoms with Gasteiger partial charge in [0.1, 0.15) is 5.82 Å². The van der Waals surface area contributed by atoms with Crippen molar-refractivity contribution in [2.24, 2.45) is 5.92 Å². The van der Waals surface area contributed by atoms with E-state index in [0.29, 0.717) is 22.7 Å². The summed E-state index contributed by atoms with van der Waals surface area (Å²) in [6.07, 6.45) is 5.31. The standard InChI is InChI=1S/C20H23FN4O3/c21-14-5-3-13(4-6-14)19-17(9-22-24-19)20(28)23-15-7-16(8-15)25(11-18(26)27)10-12-1-2-12/h3-6,9,12,15-16H,1-2,7-8,10-11H2,(H,22,24)(H,23,28)(H,26,27). The first-order chi connectivity index (χ1) is 13.5. The van der Waals surface area contributed by atoms with Gasteiger partial charge in [0.25, 0.3) is 5.91 Å². The molecular formula is C20H23FN4O3. The van der Waals surface area contributed by atoms with Gasteiger partial charge in [0, 0.05) is 24.2 Å². The number of aromatic nitrogens is 2. The third-order valence-corrected chi connectivity index (χ3v) is 5.51. The molecule has 4 rings (SSSR count). The van der Waals surface area contributed by atoms with Gasteiger partial charge in [0.05, 0.1) is 24.0 Å². The van der Waals surface area contributed by atoms with Crippen molar-refractivity contribution in [1.82, 2.24) is 20.4 Å². The molecule has 8 heteroatoms. The summed E-state index contributed by atoms with van der Waals surface area (Å²) in [4.78, 5) is 25.8. The van der Waals surface area contributed by atoms with Crippen LogP contribution in [-0.2, 0) is 4.79 Å². The Balaban J connectivity index is 1.35. The number of halogens is 1. The average Bonchev–Trinajstić information content (AvgIpc) is 3.29. The summed E-state index contributed by atoms with van der Waals surface area (Å²) >= 11 is 0. The summed E-state index contributed by atoms with van der Waals surface area (Å²) in [5, 5.41) is 18.9. The van der Waals surface area contributed by atoms with E-state index in [0.717, 1.165) is 19.4 Å². The Morgan fingerprint density at radius 1 is 1.25 bits per heavy atom. The van der Waals surface area contributed by atoms with Crippen LogP contribution in [0.3, 0.4) is 0 Å². The van der Waals surface area contributed by atoms with Crippen LogP contribution in [-0.4, -0.2) is 57.3 Å². The van der Waals surface area contributed by atoms with Gasteiger partial charge in [-0.15, -0.1) is 0 Å². The van der Waals surface area contributed by atoms with E-state index in [1.54, 1.807) is 12.1 Å². The van der Waals surface area contributed by atoms with Gasteiger partial charge in [-0.25, -0.2) is 4.39 Å². The molecule has 148 valence electrons. The Kier molecular flexibility index (Phi) is 5.13. The van der Waals surface area contributed by atoms with E-state index in [4.69, 9.17) is 5.11 Å². The first-order valence-electron chi connectivity index (χ1n) is 9.55. The predicted molar refractivity (Wildman–Crippen MR) is 100 cm³/mol. The molecule has 2 aliphatic rings. The van der Waals surface area contributed by atoms with Crippen molar-refractivity contribution in [2.45, 2.75) is 37.8 Å². The predicted octanol–water partition coefficient (Wildman–Crippen LogP) is 2.27. The lowest BCUT2D eigenvalue weighted by atomic mass is 9.85. The fourth-order valence-corrected chi connectivity index (χ4v) is 3.71. The molecule has 2 saturated carbocycles. The lowest BCUT2D eigenvalue weighted by molar-refractivity contribution is -0.139. The van der Waals surface area contributed by atoms with Crippen LogP contribution in [0.15, 0.2) is 30.5 Å². The largest absolute Gasteiger partial charge is 0.480 e. The Labute approximate surface area is 161 Å². The van der Waals surface area contributed by atoms with Gasteiger partial charge in [-0.1, -0.05) is 0 Å². The highest BCUT2D eigenvalue weighted by Crippen LogP contribution is 2.34. The van der Waals surface area contributed by atoms with Crippen LogP contribution in [0.2, 0.25) is 0 Å². The minimum absolute atomic E-state index is 0.0176. The van der Waals surface area contributed by atoms with E-state index in [2.05, 4.69) is 15.5 Å². The number of carbonyl (C=O) groups is 2. The number of H-pyrrole nitrogens is 1. The molecule has 0 unspecified atom stereocenters. The molecule has 3 N–H and O–H groups in total. The minimum Gasteiger partial charge on any atom is -0.480 e. The van der Waals surface area contributed by atoms with Gasteiger partial charge < -0.3 is 10.4 Å². The van der Waals surface area contributed by atoms with Gasteiger partial charge in [-0.3, -0.25) is 19.6 Å². The molecule has 7 nitrogen and oxygen atoms in total. The van der Waals surface area contributed by atoms with Crippen LogP contribution in [0.5, 0.6) is 0 Å². The SMILES string of the molecule is O=C(O)CN(CC1CC1)C1CC(NC(=O)c2cn[nH]c2-c2ccc(F)cc2)C1. The average molecular weight is 386 g/mol. The van der Waals surface area contributed by atoms with E-state index in [9.17, 15) is 14.0 Å². The van der Waals surface area contributed by atoms with Crippen molar-refractivity contribution in [2.75, 3.05) is 13.1 Å². The number of carboxylic acids is 1. The number of aliphatic carboxylic acids is 1. The molecule has 1 amide bonds. The van der Waals surface area contributed by atoms with E-state index < -0.39 is 5.97 Å². The second-order valence-corrected chi connectivity index (χ2v) is 7.73. The van der Waals surface area contributed by atoms with E-state index >= 15 is 0 Å². The van der Waals surface area contributed by atoms with Crippen molar-refractivity contribution in [3.63, 3.8) is 0 Å². The summed E-state index contributed by atoms with van der Waals surface area (Å²) in [6.45, 7) is 0.881. The van der Waals surface area contributed by atoms with Crippen LogP contribution in [0.1, 0.15) is 36.0 Å². The van der Waals surface area contributed by atoms with E-state index in [1.165, 1.54) is 31.2 Å². The van der Waals surface area contributed by atoms with Gasteiger partial charge in [0.2, 0.25) is 0 Å². The molecule has 2 fully saturated rings. The summed E-state index contributed by atoms with van der Waals surface area (Å²) in [6, 6.07) is 6.09. The molecular weight excluding hydrogens is 363 g/mol. The molecule has 28 heavy (non-hydrogen) atoms. The maximum atomic E-state index is 13.1. The number of nitrogens with zero attached hydrogens (tertiary/aromatic N) is 2. The summed E-state index contributed by atoms with van der Waals surface area (Å²) in [5.41, 5.74) is 1.65. The first-order valence-corrected chi connectivity index (χ1v) is 9.55. The molecule has 1 aromatic carbocycles. The van der Waals surface area contributed by atoms with Crippen LogP contribution >= 0.6 is 0 Å². The maximum absolute atomic E-state index is 13.1. The van der Waals surface area contributed by atoms with E-state index in [-0.39, 0.29) is 30.4 Å². The fourth-order valence-electron chi connectivity index (χ4n) is 3.71. The Hall–Kier alpha value is -2.74. The molecule has 0 atom stereocenters. The van der Waals surface area contributed by atoms with Crippen molar-refractivity contribution in [1.29, 1.82) is 0 Å². The fraction of sp³-hybridized carbons (Fsp3) is 0.450. The van der Waals surface area contributed by atoms with E-state index in [1.807, 2.05) is 4.90 Å². The smallest absolute Gasteiger partial charge is 0.317 e. The van der Waals surface area contributed by atoms with Gasteiger partial charge >= 0.3 is 5.97 Å². The van der Waals surface area contributed by atoms with Gasteiger partial charge in [-0.2, -0.15) is 5.10 Å². The Morgan fingerprint density at radius 2 is 1.96 bits per heavy atom. The third kappa shape index (κ3) is 4.22. The van der Waals surface area contributed by atoms with Crippen molar-refractivity contribution in [3.8, 4) is 11.3 Å². The molecule has 2 aromatic rings. The summed E-state index contributed by atoms with van der Waals surface area (Å²) in [7, 11) is 0. The third-order valence-electron chi connectivity index (χ3n) is 5.51. The van der Waals surface area contributed by atoms with Gasteiger partial charge in [-0.05, 0) is 55.9 Å². The number of aromatic amines is 1. The van der Waals surface area contributed by atoms with Crippen molar-refractivity contribution < 1.29 is 19.1 Å². The number of nitrogens with one attached hydrogen (secondary N) is 2. The molecule has 2 aliphatic carbocycles. The zero-order valence-corrected chi connectivity index (χ0v) is 15.4.